The van der Waals surface area contributed by atoms with Crippen LogP contribution in [0.3, 0.4) is 0 Å². The van der Waals surface area contributed by atoms with E-state index in [0.717, 1.165) is 22.3 Å². The van der Waals surface area contributed by atoms with Crippen molar-refractivity contribution in [2.24, 2.45) is 0 Å². The lowest BCUT2D eigenvalue weighted by Crippen LogP contribution is -2.48. The van der Waals surface area contributed by atoms with E-state index in [1.807, 2.05) is 72.8 Å². The lowest BCUT2D eigenvalue weighted by atomic mass is 9.83. The maximum absolute atomic E-state index is 7.07. The summed E-state index contributed by atoms with van der Waals surface area (Å²) in [7, 11) is 0. The summed E-state index contributed by atoms with van der Waals surface area (Å²) >= 11 is 0. The molecule has 0 heterocycles. The molecule has 0 aliphatic rings. The number of benzene rings is 4. The molecule has 0 aliphatic heterocycles. The Kier molecular flexibility index (Phi) is 7.84. The molecule has 0 spiro atoms. The molecular weight excluding hydrogens is 424 g/mol. The maximum atomic E-state index is 7.07. The Morgan fingerprint density at radius 3 is 0.857 bits per heavy atom. The smallest absolute Gasteiger partial charge is 0.138 e. The predicted octanol–water partition coefficient (Wildman–Crippen LogP) is 6.72. The summed E-state index contributed by atoms with van der Waals surface area (Å²) in [5.74, 6) is 6.11. The highest BCUT2D eigenvalue weighted by Gasteiger charge is 2.41. The highest BCUT2D eigenvalue weighted by Crippen LogP contribution is 2.33. The fourth-order valence-corrected chi connectivity index (χ4v) is 4.61. The van der Waals surface area contributed by atoms with E-state index in [-0.39, 0.29) is 0 Å². The van der Waals surface area contributed by atoms with E-state index in [9.17, 15) is 0 Å². The second kappa shape index (κ2) is 11.4. The first-order valence-corrected chi connectivity index (χ1v) is 12.0. The van der Waals surface area contributed by atoms with E-state index < -0.39 is 11.2 Å². The molecule has 0 N–H and O–H groups in total. The second-order valence-electron chi connectivity index (χ2n) is 9.03. The summed E-state index contributed by atoms with van der Waals surface area (Å²) in [5.41, 5.74) is 2.63. The van der Waals surface area contributed by atoms with E-state index in [1.54, 1.807) is 0 Å². The summed E-state index contributed by atoms with van der Waals surface area (Å²) in [6.45, 7) is 0. The first-order chi connectivity index (χ1) is 17.1. The molecule has 0 aromatic heterocycles. The molecule has 0 saturated carbocycles. The zero-order valence-electron chi connectivity index (χ0n) is 19.9. The fourth-order valence-electron chi connectivity index (χ4n) is 4.61. The van der Waals surface area contributed by atoms with Gasteiger partial charge in [0.2, 0.25) is 0 Å². The van der Waals surface area contributed by atoms with Crippen LogP contribution in [0.1, 0.15) is 22.3 Å². The van der Waals surface area contributed by atoms with Crippen LogP contribution in [0.25, 0.3) is 0 Å². The van der Waals surface area contributed by atoms with Gasteiger partial charge in [-0.2, -0.15) is 0 Å². The van der Waals surface area contributed by atoms with Crippen LogP contribution in [0.2, 0.25) is 0 Å². The lowest BCUT2D eigenvalue weighted by molar-refractivity contribution is -0.0958. The predicted molar refractivity (Wildman–Crippen MR) is 145 cm³/mol. The molecule has 0 saturated heterocycles. The van der Waals surface area contributed by atoms with Crippen LogP contribution in [0.5, 0.6) is 0 Å². The van der Waals surface area contributed by atoms with Gasteiger partial charge in [-0.15, -0.1) is 12.8 Å². The zero-order chi connectivity index (χ0) is 24.4. The Morgan fingerprint density at radius 2 is 0.657 bits per heavy atom. The van der Waals surface area contributed by atoms with Crippen molar-refractivity contribution >= 4 is 0 Å². The highest BCUT2D eigenvalue weighted by atomic mass is 16.5. The van der Waals surface area contributed by atoms with Crippen LogP contribution < -0.4 is 0 Å². The fraction of sp³-hybridized carbons (Fsp3) is 0.176. The van der Waals surface area contributed by atoms with Gasteiger partial charge in [-0.25, -0.2) is 0 Å². The molecule has 4 aromatic rings. The number of terminal acetylenes is 2. The SMILES string of the molecule is C#CC(Cc1ccccc1)(Cc1ccccc1)OC(C#C)(Cc1ccccc1)Cc1ccccc1. The van der Waals surface area contributed by atoms with Gasteiger partial charge in [0.1, 0.15) is 11.2 Å². The number of hydrogen-bond donors (Lipinski definition) is 0. The van der Waals surface area contributed by atoms with Crippen LogP contribution >= 0.6 is 0 Å². The second-order valence-corrected chi connectivity index (χ2v) is 9.03. The van der Waals surface area contributed by atoms with Crippen molar-refractivity contribution in [1.29, 1.82) is 0 Å². The normalized spacial score (nSPS) is 11.4. The largest absolute Gasteiger partial charge is 0.342 e. The Labute approximate surface area is 209 Å². The molecule has 0 radical (unpaired) electrons. The molecule has 0 amide bonds. The van der Waals surface area contributed by atoms with E-state index in [4.69, 9.17) is 17.6 Å². The topological polar surface area (TPSA) is 9.23 Å². The van der Waals surface area contributed by atoms with E-state index in [0.29, 0.717) is 25.7 Å². The van der Waals surface area contributed by atoms with Gasteiger partial charge in [-0.1, -0.05) is 133 Å². The average molecular weight is 455 g/mol. The summed E-state index contributed by atoms with van der Waals surface area (Å²) < 4.78 is 7.07. The van der Waals surface area contributed by atoms with Gasteiger partial charge in [0.25, 0.3) is 0 Å². The highest BCUT2D eigenvalue weighted by molar-refractivity contribution is 5.32. The Hall–Kier alpha value is -4.04. The monoisotopic (exact) mass is 454 g/mol. The molecule has 4 aromatic carbocycles. The minimum absolute atomic E-state index is 0.562. The van der Waals surface area contributed by atoms with Gasteiger partial charge >= 0.3 is 0 Å². The molecule has 0 unspecified atom stereocenters. The molecule has 0 fully saturated rings. The van der Waals surface area contributed by atoms with Crippen LogP contribution in [0.15, 0.2) is 121 Å². The molecule has 1 heteroatoms. The summed E-state index contributed by atoms with van der Waals surface area (Å²) in [6, 6.07) is 41.0. The molecule has 172 valence electrons. The minimum Gasteiger partial charge on any atom is -0.342 e. The number of hydrogen-bond acceptors (Lipinski definition) is 1. The minimum atomic E-state index is -0.918. The van der Waals surface area contributed by atoms with Gasteiger partial charge in [-0.05, 0) is 22.3 Å². The van der Waals surface area contributed by atoms with Gasteiger partial charge in [0, 0.05) is 25.7 Å². The molecule has 35 heavy (non-hydrogen) atoms. The maximum Gasteiger partial charge on any atom is 0.138 e. The van der Waals surface area contributed by atoms with Crippen molar-refractivity contribution in [2.75, 3.05) is 0 Å². The molecule has 0 atom stereocenters. The zero-order valence-corrected chi connectivity index (χ0v) is 19.9. The van der Waals surface area contributed by atoms with Crippen LogP contribution in [-0.2, 0) is 30.4 Å². The van der Waals surface area contributed by atoms with Crippen LogP contribution in [0, 0.1) is 24.7 Å². The van der Waals surface area contributed by atoms with Crippen molar-refractivity contribution in [3.63, 3.8) is 0 Å². The summed E-state index contributed by atoms with van der Waals surface area (Å²) in [6.07, 6.45) is 14.9. The first kappa shape index (κ1) is 24.1. The summed E-state index contributed by atoms with van der Waals surface area (Å²) in [4.78, 5) is 0. The van der Waals surface area contributed by atoms with Crippen LogP contribution in [0.4, 0.5) is 0 Å². The standard InChI is InChI=1S/C34H30O/c1-3-33(25-29-17-9-5-10-18-29,26-30-19-11-6-12-20-30)35-34(4-2,27-31-21-13-7-14-22-31)28-32-23-15-8-16-24-32/h1-2,5-24H,25-28H2. The lowest BCUT2D eigenvalue weighted by Gasteiger charge is -2.40. The van der Waals surface area contributed by atoms with Crippen LogP contribution in [-0.4, -0.2) is 11.2 Å². The third-order valence-electron chi connectivity index (χ3n) is 6.25. The van der Waals surface area contributed by atoms with E-state index in [1.165, 1.54) is 0 Å². The first-order valence-electron chi connectivity index (χ1n) is 12.0. The van der Waals surface area contributed by atoms with Gasteiger partial charge in [0.15, 0.2) is 0 Å². The third kappa shape index (κ3) is 6.51. The molecule has 1 nitrogen and oxygen atoms in total. The van der Waals surface area contributed by atoms with Gasteiger partial charge < -0.3 is 4.74 Å². The molecule has 0 bridgehead atoms. The quantitative estimate of drug-likeness (QED) is 0.242. The third-order valence-corrected chi connectivity index (χ3v) is 6.25. The van der Waals surface area contributed by atoms with Gasteiger partial charge in [-0.3, -0.25) is 0 Å². The molecule has 4 rings (SSSR count). The van der Waals surface area contributed by atoms with E-state index in [2.05, 4.69) is 60.4 Å². The molecular formula is C34H30O. The summed E-state index contributed by atoms with van der Waals surface area (Å²) in [5, 5.41) is 0. The average Bonchev–Trinajstić information content (AvgIpc) is 2.91. The Morgan fingerprint density at radius 1 is 0.429 bits per heavy atom. The number of ether oxygens (including phenoxy) is 1. The van der Waals surface area contributed by atoms with E-state index >= 15 is 0 Å². The van der Waals surface area contributed by atoms with Crippen molar-refractivity contribution in [1.82, 2.24) is 0 Å². The van der Waals surface area contributed by atoms with Gasteiger partial charge in [0.05, 0.1) is 0 Å². The Balaban J connectivity index is 1.77. The Bertz CT molecular complexity index is 1080. The number of rotatable bonds is 10. The molecule has 0 aliphatic carbocycles. The van der Waals surface area contributed by atoms with Crippen molar-refractivity contribution < 1.29 is 4.74 Å². The van der Waals surface area contributed by atoms with Crippen molar-refractivity contribution in [3.05, 3.63) is 144 Å². The van der Waals surface area contributed by atoms with Crippen molar-refractivity contribution in [3.8, 4) is 24.7 Å². The van der Waals surface area contributed by atoms with Crippen molar-refractivity contribution in [2.45, 2.75) is 36.9 Å².